The molecule has 1 fully saturated rings. The molecule has 1 aliphatic heterocycles. The van der Waals surface area contributed by atoms with Crippen LogP contribution in [0.2, 0.25) is 0 Å². The fourth-order valence-electron chi connectivity index (χ4n) is 2.58. The predicted molar refractivity (Wildman–Crippen MR) is 90.0 cm³/mol. The first-order valence-electron chi connectivity index (χ1n) is 8.21. The lowest BCUT2D eigenvalue weighted by Gasteiger charge is -2.31. The highest BCUT2D eigenvalue weighted by atomic mass is 16.6. The molecule has 0 saturated carbocycles. The molecule has 2 rings (SSSR count). The quantitative estimate of drug-likeness (QED) is 0.864. The molecule has 0 spiro atoms. The van der Waals surface area contributed by atoms with E-state index in [1.165, 1.54) is 0 Å². The molecule has 7 heteroatoms. The Morgan fingerprint density at radius 1 is 1.21 bits per heavy atom. The van der Waals surface area contributed by atoms with E-state index in [0.717, 1.165) is 24.2 Å². The van der Waals surface area contributed by atoms with E-state index in [1.807, 2.05) is 24.3 Å². The van der Waals surface area contributed by atoms with E-state index in [9.17, 15) is 9.59 Å². The van der Waals surface area contributed by atoms with Gasteiger partial charge < -0.3 is 25.0 Å². The molecule has 1 aromatic rings. The molecule has 0 aliphatic carbocycles. The van der Waals surface area contributed by atoms with Gasteiger partial charge in [-0.05, 0) is 37.5 Å². The van der Waals surface area contributed by atoms with Gasteiger partial charge in [0.2, 0.25) is 0 Å². The molecule has 0 bridgehead atoms. The highest BCUT2D eigenvalue weighted by Gasteiger charge is 2.24. The van der Waals surface area contributed by atoms with Gasteiger partial charge in [-0.25, -0.2) is 9.59 Å². The van der Waals surface area contributed by atoms with Crippen LogP contribution in [0, 0.1) is 0 Å². The molecule has 1 aliphatic rings. The Bertz CT molecular complexity index is 539. The predicted octanol–water partition coefficient (Wildman–Crippen LogP) is 2.12. The minimum atomic E-state index is -0.278. The molecule has 0 aromatic heterocycles. The molecule has 7 nitrogen and oxygen atoms in total. The minimum Gasteiger partial charge on any atom is -0.497 e. The summed E-state index contributed by atoms with van der Waals surface area (Å²) in [4.78, 5) is 25.3. The minimum absolute atomic E-state index is 0.0755. The summed E-state index contributed by atoms with van der Waals surface area (Å²) in [6.07, 6.45) is 1.18. The second-order valence-corrected chi connectivity index (χ2v) is 5.64. The molecule has 24 heavy (non-hydrogen) atoms. The number of carbonyl (C=O) groups excluding carboxylic acids is 2. The zero-order valence-electron chi connectivity index (χ0n) is 14.2. The van der Waals surface area contributed by atoms with Crippen LogP contribution in [0.1, 0.15) is 25.3 Å². The number of benzene rings is 1. The van der Waals surface area contributed by atoms with Crippen LogP contribution in [0.25, 0.3) is 0 Å². The van der Waals surface area contributed by atoms with E-state index in [4.69, 9.17) is 9.47 Å². The molecule has 1 aromatic carbocycles. The van der Waals surface area contributed by atoms with E-state index >= 15 is 0 Å². The fraction of sp³-hybridized carbons (Fsp3) is 0.529. The molecule has 3 amide bonds. The number of nitrogens with one attached hydrogen (secondary N) is 2. The van der Waals surface area contributed by atoms with E-state index in [2.05, 4.69) is 10.6 Å². The van der Waals surface area contributed by atoms with E-state index in [1.54, 1.807) is 18.9 Å². The molecular formula is C17H25N3O4. The normalized spacial score (nSPS) is 14.8. The van der Waals surface area contributed by atoms with Gasteiger partial charge in [0.05, 0.1) is 13.7 Å². The Morgan fingerprint density at radius 2 is 1.88 bits per heavy atom. The van der Waals surface area contributed by atoms with Crippen molar-refractivity contribution in [2.45, 2.75) is 32.4 Å². The van der Waals surface area contributed by atoms with Gasteiger partial charge >= 0.3 is 12.1 Å². The summed E-state index contributed by atoms with van der Waals surface area (Å²) >= 11 is 0. The number of amides is 3. The number of nitrogens with zero attached hydrogens (tertiary/aromatic N) is 1. The third kappa shape index (κ3) is 5.33. The Morgan fingerprint density at radius 3 is 2.46 bits per heavy atom. The van der Waals surface area contributed by atoms with Crippen molar-refractivity contribution in [2.24, 2.45) is 0 Å². The van der Waals surface area contributed by atoms with Crippen molar-refractivity contribution in [2.75, 3.05) is 26.8 Å². The van der Waals surface area contributed by atoms with E-state index in [0.29, 0.717) is 26.2 Å². The monoisotopic (exact) mass is 335 g/mol. The number of likely N-dealkylation sites (tertiary alicyclic amines) is 1. The third-order valence-corrected chi connectivity index (χ3v) is 3.97. The zero-order chi connectivity index (χ0) is 17.4. The van der Waals surface area contributed by atoms with Gasteiger partial charge in [-0.15, -0.1) is 0 Å². The first-order chi connectivity index (χ1) is 11.6. The van der Waals surface area contributed by atoms with Crippen molar-refractivity contribution in [1.82, 2.24) is 15.5 Å². The molecule has 0 atom stereocenters. The number of ether oxygens (including phenoxy) is 2. The van der Waals surface area contributed by atoms with Crippen molar-refractivity contribution >= 4 is 12.1 Å². The standard InChI is InChI=1S/C17H25N3O4/c1-3-24-17(22)20-10-8-14(9-11-20)19-16(21)18-12-13-4-6-15(23-2)7-5-13/h4-7,14H,3,8-12H2,1-2H3,(H2,18,19,21). The summed E-state index contributed by atoms with van der Waals surface area (Å²) in [5.74, 6) is 0.788. The molecular weight excluding hydrogens is 310 g/mol. The lowest BCUT2D eigenvalue weighted by molar-refractivity contribution is 0.0957. The van der Waals surface area contributed by atoms with Crippen molar-refractivity contribution in [3.05, 3.63) is 29.8 Å². The maximum Gasteiger partial charge on any atom is 0.409 e. The van der Waals surface area contributed by atoms with Gasteiger partial charge in [-0.1, -0.05) is 12.1 Å². The lowest BCUT2D eigenvalue weighted by atomic mass is 10.1. The van der Waals surface area contributed by atoms with Gasteiger partial charge in [-0.3, -0.25) is 0 Å². The highest BCUT2D eigenvalue weighted by Crippen LogP contribution is 2.12. The number of methoxy groups -OCH3 is 1. The van der Waals surface area contributed by atoms with Crippen LogP contribution in [0.5, 0.6) is 5.75 Å². The third-order valence-electron chi connectivity index (χ3n) is 3.97. The van der Waals surface area contributed by atoms with E-state index in [-0.39, 0.29) is 18.2 Å². The van der Waals surface area contributed by atoms with Crippen LogP contribution in [0.15, 0.2) is 24.3 Å². The van der Waals surface area contributed by atoms with Gasteiger partial charge in [0.1, 0.15) is 5.75 Å². The molecule has 2 N–H and O–H groups in total. The van der Waals surface area contributed by atoms with Crippen LogP contribution in [-0.2, 0) is 11.3 Å². The molecule has 0 radical (unpaired) electrons. The first kappa shape index (κ1) is 17.9. The second-order valence-electron chi connectivity index (χ2n) is 5.64. The van der Waals surface area contributed by atoms with Crippen LogP contribution >= 0.6 is 0 Å². The Hall–Kier alpha value is -2.44. The van der Waals surface area contributed by atoms with Gasteiger partial charge in [0.25, 0.3) is 0 Å². The van der Waals surface area contributed by atoms with Crippen molar-refractivity contribution in [1.29, 1.82) is 0 Å². The van der Waals surface area contributed by atoms with Crippen LogP contribution < -0.4 is 15.4 Å². The smallest absolute Gasteiger partial charge is 0.409 e. The highest BCUT2D eigenvalue weighted by molar-refractivity contribution is 5.74. The summed E-state index contributed by atoms with van der Waals surface area (Å²) < 4.78 is 10.1. The van der Waals surface area contributed by atoms with Crippen molar-refractivity contribution in [3.8, 4) is 5.75 Å². The summed E-state index contributed by atoms with van der Waals surface area (Å²) in [6, 6.07) is 7.43. The lowest BCUT2D eigenvalue weighted by Crippen LogP contribution is -2.49. The van der Waals surface area contributed by atoms with Gasteiger partial charge in [0, 0.05) is 25.7 Å². The first-order valence-corrected chi connectivity index (χ1v) is 8.21. The van der Waals surface area contributed by atoms with E-state index < -0.39 is 0 Å². The largest absolute Gasteiger partial charge is 0.497 e. The molecule has 1 saturated heterocycles. The van der Waals surface area contributed by atoms with Crippen LogP contribution in [0.4, 0.5) is 9.59 Å². The number of piperidine rings is 1. The average Bonchev–Trinajstić information content (AvgIpc) is 2.61. The van der Waals surface area contributed by atoms with Gasteiger partial charge in [0.15, 0.2) is 0 Å². The van der Waals surface area contributed by atoms with Crippen LogP contribution in [0.3, 0.4) is 0 Å². The Labute approximate surface area is 142 Å². The number of hydrogen-bond donors (Lipinski definition) is 2. The summed E-state index contributed by atoms with van der Waals surface area (Å²) in [5, 5.41) is 5.79. The maximum atomic E-state index is 12.0. The van der Waals surface area contributed by atoms with Crippen molar-refractivity contribution in [3.63, 3.8) is 0 Å². The second kappa shape index (κ2) is 9.00. The average molecular weight is 335 g/mol. The number of hydrogen-bond acceptors (Lipinski definition) is 4. The number of rotatable bonds is 5. The molecule has 1 heterocycles. The Balaban J connectivity index is 1.68. The van der Waals surface area contributed by atoms with Crippen LogP contribution in [-0.4, -0.2) is 49.9 Å². The maximum absolute atomic E-state index is 12.0. The van der Waals surface area contributed by atoms with Gasteiger partial charge in [-0.2, -0.15) is 0 Å². The SMILES string of the molecule is CCOC(=O)N1CCC(NC(=O)NCc2ccc(OC)cc2)CC1. The molecule has 132 valence electrons. The Kier molecular flexibility index (Phi) is 6.72. The fourth-order valence-corrected chi connectivity index (χ4v) is 2.58. The topological polar surface area (TPSA) is 79.9 Å². The summed E-state index contributed by atoms with van der Waals surface area (Å²) in [6.45, 7) is 3.83. The summed E-state index contributed by atoms with van der Waals surface area (Å²) in [5.41, 5.74) is 1.00. The molecule has 0 unspecified atom stereocenters. The van der Waals surface area contributed by atoms with Crippen molar-refractivity contribution < 1.29 is 19.1 Å². The number of carbonyl (C=O) groups is 2. The summed E-state index contributed by atoms with van der Waals surface area (Å²) in [7, 11) is 1.62. The number of urea groups is 1. The zero-order valence-corrected chi connectivity index (χ0v) is 14.2.